The molecule has 0 amide bonds. The summed E-state index contributed by atoms with van der Waals surface area (Å²) < 4.78 is 1.88. The fourth-order valence-corrected chi connectivity index (χ4v) is 3.05. The number of nitriles is 1. The average Bonchev–Trinajstić information content (AvgIpc) is 3.02. The molecule has 3 rings (SSSR count). The molecule has 2 aliphatic rings. The highest BCUT2D eigenvalue weighted by molar-refractivity contribution is 5.58. The zero-order chi connectivity index (χ0) is 13.4. The summed E-state index contributed by atoms with van der Waals surface area (Å²) in [6.07, 6.45) is 4.98. The van der Waals surface area contributed by atoms with Crippen molar-refractivity contribution >= 4 is 5.82 Å². The lowest BCUT2D eigenvalue weighted by molar-refractivity contribution is 0.566. The van der Waals surface area contributed by atoms with E-state index in [-0.39, 0.29) is 0 Å². The molecule has 1 N–H and O–H groups in total. The molecule has 0 spiro atoms. The Morgan fingerprint density at radius 2 is 2.26 bits per heavy atom. The van der Waals surface area contributed by atoms with Gasteiger partial charge in [0.1, 0.15) is 17.5 Å². The van der Waals surface area contributed by atoms with Gasteiger partial charge in [-0.05, 0) is 39.2 Å². The van der Waals surface area contributed by atoms with Crippen LogP contribution >= 0.6 is 0 Å². The highest BCUT2D eigenvalue weighted by Gasteiger charge is 2.35. The maximum Gasteiger partial charge on any atom is 0.145 e. The van der Waals surface area contributed by atoms with Crippen molar-refractivity contribution in [1.29, 1.82) is 5.26 Å². The van der Waals surface area contributed by atoms with E-state index in [4.69, 9.17) is 0 Å². The monoisotopic (exact) mass is 259 g/mol. The lowest BCUT2D eigenvalue weighted by Gasteiger charge is -2.28. The van der Waals surface area contributed by atoms with Gasteiger partial charge in [-0.25, -0.2) is 0 Å². The SMILES string of the molecule is Cc1nn(C)c(N(CC2CCCN2)C2CC2)c1C#N. The van der Waals surface area contributed by atoms with Crippen LogP contribution in [0.4, 0.5) is 5.82 Å². The second-order valence-corrected chi connectivity index (χ2v) is 5.70. The summed E-state index contributed by atoms with van der Waals surface area (Å²) in [6, 6.07) is 3.49. The Balaban J connectivity index is 1.89. The summed E-state index contributed by atoms with van der Waals surface area (Å²) in [6.45, 7) is 4.04. The van der Waals surface area contributed by atoms with Gasteiger partial charge in [0, 0.05) is 25.7 Å². The van der Waals surface area contributed by atoms with E-state index in [1.807, 2.05) is 18.7 Å². The van der Waals surface area contributed by atoms with Crippen LogP contribution in [0.15, 0.2) is 0 Å². The van der Waals surface area contributed by atoms with E-state index in [0.29, 0.717) is 12.1 Å². The lowest BCUT2D eigenvalue weighted by Crippen LogP contribution is -2.40. The molecule has 1 aromatic heterocycles. The zero-order valence-corrected chi connectivity index (χ0v) is 11.7. The van der Waals surface area contributed by atoms with Crippen molar-refractivity contribution in [3.05, 3.63) is 11.3 Å². The molecule has 5 nitrogen and oxygen atoms in total. The second-order valence-electron chi connectivity index (χ2n) is 5.70. The van der Waals surface area contributed by atoms with E-state index in [9.17, 15) is 5.26 Å². The molecule has 0 aromatic carbocycles. The Morgan fingerprint density at radius 3 is 2.84 bits per heavy atom. The van der Waals surface area contributed by atoms with Gasteiger partial charge in [-0.1, -0.05) is 0 Å². The molecule has 102 valence electrons. The summed E-state index contributed by atoms with van der Waals surface area (Å²) in [5.74, 6) is 1.01. The normalized spacial score (nSPS) is 22.5. The predicted molar refractivity (Wildman–Crippen MR) is 74.1 cm³/mol. The minimum Gasteiger partial charge on any atom is -0.351 e. The van der Waals surface area contributed by atoms with E-state index in [1.54, 1.807) is 0 Å². The largest absolute Gasteiger partial charge is 0.351 e. The molecule has 1 saturated heterocycles. The van der Waals surface area contributed by atoms with E-state index in [0.717, 1.165) is 30.2 Å². The third-order valence-corrected chi connectivity index (χ3v) is 4.14. The molecule has 2 heterocycles. The van der Waals surface area contributed by atoms with Gasteiger partial charge in [0.05, 0.1) is 5.69 Å². The van der Waals surface area contributed by atoms with Gasteiger partial charge in [0.15, 0.2) is 0 Å². The van der Waals surface area contributed by atoms with Crippen LogP contribution in [0, 0.1) is 18.3 Å². The van der Waals surface area contributed by atoms with E-state index < -0.39 is 0 Å². The summed E-state index contributed by atoms with van der Waals surface area (Å²) >= 11 is 0. The topological polar surface area (TPSA) is 56.9 Å². The predicted octanol–water partition coefficient (Wildman–Crippen LogP) is 1.32. The summed E-state index contributed by atoms with van der Waals surface area (Å²) in [4.78, 5) is 2.40. The van der Waals surface area contributed by atoms with Gasteiger partial charge >= 0.3 is 0 Å². The van der Waals surface area contributed by atoms with Crippen molar-refractivity contribution in [2.45, 2.75) is 44.7 Å². The molecule has 2 fully saturated rings. The number of rotatable bonds is 4. The van der Waals surface area contributed by atoms with Crippen molar-refractivity contribution in [3.8, 4) is 6.07 Å². The minimum absolute atomic E-state index is 0.558. The average molecular weight is 259 g/mol. The van der Waals surface area contributed by atoms with Crippen LogP contribution in [0.25, 0.3) is 0 Å². The van der Waals surface area contributed by atoms with E-state index >= 15 is 0 Å². The highest BCUT2D eigenvalue weighted by Crippen LogP contribution is 2.34. The molecule has 1 atom stereocenters. The Kier molecular flexibility index (Phi) is 3.19. The Morgan fingerprint density at radius 1 is 1.47 bits per heavy atom. The fourth-order valence-electron chi connectivity index (χ4n) is 3.05. The first-order valence-corrected chi connectivity index (χ1v) is 7.14. The van der Waals surface area contributed by atoms with Crippen molar-refractivity contribution in [3.63, 3.8) is 0 Å². The number of aromatic nitrogens is 2. The van der Waals surface area contributed by atoms with Crippen LogP contribution in [0.5, 0.6) is 0 Å². The van der Waals surface area contributed by atoms with Gasteiger partial charge in [-0.2, -0.15) is 10.4 Å². The molecule has 1 aromatic rings. The smallest absolute Gasteiger partial charge is 0.145 e. The first-order valence-electron chi connectivity index (χ1n) is 7.14. The third kappa shape index (κ3) is 2.33. The summed E-state index contributed by atoms with van der Waals surface area (Å²) in [5, 5.41) is 17.3. The van der Waals surface area contributed by atoms with Crippen LogP contribution in [0.2, 0.25) is 0 Å². The van der Waals surface area contributed by atoms with Crippen molar-refractivity contribution < 1.29 is 0 Å². The number of hydrogen-bond donors (Lipinski definition) is 1. The van der Waals surface area contributed by atoms with E-state index in [2.05, 4.69) is 21.4 Å². The van der Waals surface area contributed by atoms with Crippen LogP contribution in [-0.4, -0.2) is 35.0 Å². The van der Waals surface area contributed by atoms with Gasteiger partial charge in [-0.15, -0.1) is 0 Å². The Labute approximate surface area is 114 Å². The molecular weight excluding hydrogens is 238 g/mol. The Hall–Kier alpha value is -1.54. The van der Waals surface area contributed by atoms with Gasteiger partial charge in [-0.3, -0.25) is 4.68 Å². The second kappa shape index (κ2) is 4.86. The van der Waals surface area contributed by atoms with E-state index in [1.165, 1.54) is 25.7 Å². The van der Waals surface area contributed by atoms with Gasteiger partial charge < -0.3 is 10.2 Å². The van der Waals surface area contributed by atoms with Gasteiger partial charge in [0.25, 0.3) is 0 Å². The lowest BCUT2D eigenvalue weighted by atomic mass is 10.2. The maximum atomic E-state index is 9.38. The van der Waals surface area contributed by atoms with Crippen LogP contribution in [0.1, 0.15) is 36.9 Å². The quantitative estimate of drug-likeness (QED) is 0.886. The highest BCUT2D eigenvalue weighted by atomic mass is 15.4. The molecule has 1 unspecified atom stereocenters. The first kappa shape index (κ1) is 12.5. The van der Waals surface area contributed by atoms with Crippen LogP contribution in [-0.2, 0) is 7.05 Å². The van der Waals surface area contributed by atoms with Crippen LogP contribution < -0.4 is 10.2 Å². The van der Waals surface area contributed by atoms with Crippen molar-refractivity contribution in [1.82, 2.24) is 15.1 Å². The molecule has 19 heavy (non-hydrogen) atoms. The maximum absolute atomic E-state index is 9.38. The number of nitrogens with one attached hydrogen (secondary N) is 1. The standard InChI is InChI=1S/C14H21N5/c1-10-13(8-15)14(18(2)17-10)19(12-5-6-12)9-11-4-3-7-16-11/h11-12,16H,3-7,9H2,1-2H3. The molecular formula is C14H21N5. The van der Waals surface area contributed by atoms with Crippen molar-refractivity contribution in [2.24, 2.45) is 7.05 Å². The fraction of sp³-hybridized carbons (Fsp3) is 0.714. The molecule has 5 heteroatoms. The van der Waals surface area contributed by atoms with Gasteiger partial charge in [0.2, 0.25) is 0 Å². The molecule has 0 bridgehead atoms. The molecule has 1 saturated carbocycles. The third-order valence-electron chi connectivity index (χ3n) is 4.14. The number of nitrogens with zero attached hydrogens (tertiary/aromatic N) is 4. The number of aryl methyl sites for hydroxylation is 2. The van der Waals surface area contributed by atoms with Crippen molar-refractivity contribution in [2.75, 3.05) is 18.0 Å². The number of anilines is 1. The summed E-state index contributed by atoms with van der Waals surface area (Å²) in [5.41, 5.74) is 1.58. The molecule has 1 aliphatic carbocycles. The zero-order valence-electron chi connectivity index (χ0n) is 11.7. The summed E-state index contributed by atoms with van der Waals surface area (Å²) in [7, 11) is 1.95. The Bertz CT molecular complexity index is 503. The first-order chi connectivity index (χ1) is 9.20. The molecule has 0 radical (unpaired) electrons. The number of hydrogen-bond acceptors (Lipinski definition) is 4. The molecule has 1 aliphatic heterocycles. The minimum atomic E-state index is 0.558. The van der Waals surface area contributed by atoms with Crippen LogP contribution in [0.3, 0.4) is 0 Å².